The number of piperidine rings is 1. The molecule has 2 heterocycles. The summed E-state index contributed by atoms with van der Waals surface area (Å²) in [7, 11) is 0. The van der Waals surface area contributed by atoms with Crippen LogP contribution in [0.15, 0.2) is 36.7 Å². The summed E-state index contributed by atoms with van der Waals surface area (Å²) < 4.78 is 13.6. The largest absolute Gasteiger partial charge is 0.356 e. The van der Waals surface area contributed by atoms with Crippen LogP contribution in [0.4, 0.5) is 10.2 Å². The van der Waals surface area contributed by atoms with Gasteiger partial charge in [0, 0.05) is 25.7 Å². The second-order valence-corrected chi connectivity index (χ2v) is 6.55. The Morgan fingerprint density at radius 3 is 3.00 bits per heavy atom. The Hall–Kier alpha value is -2.50. The predicted molar refractivity (Wildman–Crippen MR) is 95.1 cm³/mol. The van der Waals surface area contributed by atoms with Crippen LogP contribution < -0.4 is 10.2 Å². The van der Waals surface area contributed by atoms with E-state index in [1.165, 1.54) is 18.8 Å². The molecule has 1 aromatic carbocycles. The van der Waals surface area contributed by atoms with Gasteiger partial charge in [0.2, 0.25) is 0 Å². The lowest BCUT2D eigenvalue weighted by atomic mass is 10.0. The molecular formula is C19H23FN4O. The van der Waals surface area contributed by atoms with E-state index in [9.17, 15) is 9.18 Å². The van der Waals surface area contributed by atoms with E-state index < -0.39 is 0 Å². The molecule has 1 aromatic heterocycles. The van der Waals surface area contributed by atoms with Gasteiger partial charge in [0.25, 0.3) is 5.91 Å². The Morgan fingerprint density at radius 2 is 2.20 bits per heavy atom. The van der Waals surface area contributed by atoms with Crippen LogP contribution >= 0.6 is 0 Å². The molecule has 3 rings (SSSR count). The van der Waals surface area contributed by atoms with Gasteiger partial charge in [-0.05, 0) is 36.8 Å². The first-order valence-corrected chi connectivity index (χ1v) is 8.72. The van der Waals surface area contributed by atoms with Crippen molar-refractivity contribution in [3.8, 4) is 0 Å². The van der Waals surface area contributed by atoms with Gasteiger partial charge in [0.15, 0.2) is 0 Å². The summed E-state index contributed by atoms with van der Waals surface area (Å²) in [4.78, 5) is 22.9. The maximum atomic E-state index is 13.6. The van der Waals surface area contributed by atoms with Gasteiger partial charge in [0.05, 0.1) is 0 Å². The van der Waals surface area contributed by atoms with Gasteiger partial charge >= 0.3 is 0 Å². The molecule has 1 N–H and O–H groups in total. The monoisotopic (exact) mass is 342 g/mol. The fraction of sp³-hybridized carbons (Fsp3) is 0.421. The number of aromatic nitrogens is 2. The third-order valence-electron chi connectivity index (χ3n) is 4.50. The first-order chi connectivity index (χ1) is 12.1. The number of amides is 1. The molecule has 6 heteroatoms. The van der Waals surface area contributed by atoms with Crippen LogP contribution in [0.5, 0.6) is 0 Å². The van der Waals surface area contributed by atoms with Gasteiger partial charge in [-0.3, -0.25) is 4.79 Å². The van der Waals surface area contributed by atoms with Gasteiger partial charge in [-0.2, -0.15) is 0 Å². The summed E-state index contributed by atoms with van der Waals surface area (Å²) >= 11 is 0. The molecule has 1 aliphatic heterocycles. The van der Waals surface area contributed by atoms with Gasteiger partial charge in [-0.25, -0.2) is 14.4 Å². The lowest BCUT2D eigenvalue weighted by Crippen LogP contribution is -2.35. The summed E-state index contributed by atoms with van der Waals surface area (Å²) in [5, 5.41) is 2.80. The predicted octanol–water partition coefficient (Wildman–Crippen LogP) is 2.82. The number of hydrogen-bond donors (Lipinski definition) is 1. The lowest BCUT2D eigenvalue weighted by Gasteiger charge is -2.31. The number of hydrogen-bond acceptors (Lipinski definition) is 4. The van der Waals surface area contributed by atoms with Crippen molar-refractivity contribution in [2.75, 3.05) is 24.5 Å². The summed E-state index contributed by atoms with van der Waals surface area (Å²) in [5.74, 6) is 0.910. The Bertz CT molecular complexity index is 737. The van der Waals surface area contributed by atoms with Crippen molar-refractivity contribution in [1.82, 2.24) is 15.3 Å². The van der Waals surface area contributed by atoms with Crippen LogP contribution in [0, 0.1) is 11.7 Å². The normalized spacial score (nSPS) is 17.4. The van der Waals surface area contributed by atoms with Crippen LogP contribution in [0.2, 0.25) is 0 Å². The number of anilines is 1. The second-order valence-electron chi connectivity index (χ2n) is 6.55. The summed E-state index contributed by atoms with van der Waals surface area (Å²) in [6.45, 7) is 4.49. The Balaban J connectivity index is 1.59. The van der Waals surface area contributed by atoms with E-state index in [1.54, 1.807) is 24.3 Å². The Labute approximate surface area is 147 Å². The highest BCUT2D eigenvalue weighted by Gasteiger charge is 2.19. The molecule has 1 fully saturated rings. The first-order valence-electron chi connectivity index (χ1n) is 8.72. The van der Waals surface area contributed by atoms with Crippen molar-refractivity contribution in [2.45, 2.75) is 26.2 Å². The van der Waals surface area contributed by atoms with E-state index in [1.807, 2.05) is 0 Å². The number of nitrogens with one attached hydrogen (secondary N) is 1. The lowest BCUT2D eigenvalue weighted by molar-refractivity contribution is 0.0949. The number of carbonyl (C=O) groups is 1. The maximum Gasteiger partial charge on any atom is 0.270 e. The van der Waals surface area contributed by atoms with Gasteiger partial charge < -0.3 is 10.2 Å². The third kappa shape index (κ3) is 4.53. The molecule has 5 nitrogen and oxygen atoms in total. The zero-order valence-electron chi connectivity index (χ0n) is 14.4. The average molecular weight is 342 g/mol. The van der Waals surface area contributed by atoms with Crippen molar-refractivity contribution in [3.63, 3.8) is 0 Å². The minimum Gasteiger partial charge on any atom is -0.356 e. The van der Waals surface area contributed by atoms with Crippen molar-refractivity contribution in [3.05, 3.63) is 53.7 Å². The molecule has 25 heavy (non-hydrogen) atoms. The Kier molecular flexibility index (Phi) is 5.58. The highest BCUT2D eigenvalue weighted by molar-refractivity contribution is 5.92. The fourth-order valence-electron chi connectivity index (χ4n) is 3.14. The Morgan fingerprint density at radius 1 is 1.36 bits per heavy atom. The molecule has 2 aromatic rings. The quantitative estimate of drug-likeness (QED) is 0.908. The van der Waals surface area contributed by atoms with E-state index >= 15 is 0 Å². The van der Waals surface area contributed by atoms with Gasteiger partial charge in [-0.15, -0.1) is 0 Å². The number of nitrogens with zero attached hydrogens (tertiary/aromatic N) is 3. The molecular weight excluding hydrogens is 319 g/mol. The zero-order chi connectivity index (χ0) is 17.6. The van der Waals surface area contributed by atoms with E-state index in [4.69, 9.17) is 0 Å². The molecule has 1 amide bonds. The second kappa shape index (κ2) is 8.05. The molecule has 1 unspecified atom stereocenters. The van der Waals surface area contributed by atoms with E-state index in [2.05, 4.69) is 27.1 Å². The van der Waals surface area contributed by atoms with Crippen LogP contribution in [-0.2, 0) is 6.42 Å². The first kappa shape index (κ1) is 17.3. The van der Waals surface area contributed by atoms with Crippen molar-refractivity contribution >= 4 is 11.7 Å². The molecule has 0 saturated carbocycles. The smallest absolute Gasteiger partial charge is 0.270 e. The van der Waals surface area contributed by atoms with Crippen LogP contribution in [-0.4, -0.2) is 35.5 Å². The van der Waals surface area contributed by atoms with Crippen LogP contribution in [0.3, 0.4) is 0 Å². The van der Waals surface area contributed by atoms with Crippen LogP contribution in [0.1, 0.15) is 35.8 Å². The number of halogens is 1. The topological polar surface area (TPSA) is 58.1 Å². The van der Waals surface area contributed by atoms with Crippen molar-refractivity contribution < 1.29 is 9.18 Å². The third-order valence-corrected chi connectivity index (χ3v) is 4.50. The van der Waals surface area contributed by atoms with E-state index in [0.29, 0.717) is 30.1 Å². The SMILES string of the molecule is CC1CCCN(c2cc(C(=O)NCCc3ccccc3F)ncn2)C1. The summed E-state index contributed by atoms with van der Waals surface area (Å²) in [5.41, 5.74) is 0.935. The molecule has 0 radical (unpaired) electrons. The molecule has 1 atom stereocenters. The number of benzene rings is 1. The molecule has 0 spiro atoms. The summed E-state index contributed by atoms with van der Waals surface area (Å²) in [6, 6.07) is 8.32. The standard InChI is InChI=1S/C19H23FN4O/c1-14-5-4-10-24(12-14)18-11-17(22-13-23-18)19(25)21-9-8-15-6-2-3-7-16(15)20/h2-3,6-7,11,13-14H,4-5,8-10,12H2,1H3,(H,21,25). The maximum absolute atomic E-state index is 13.6. The molecule has 1 saturated heterocycles. The number of carbonyl (C=O) groups excluding carboxylic acids is 1. The van der Waals surface area contributed by atoms with E-state index in [0.717, 1.165) is 25.3 Å². The van der Waals surface area contributed by atoms with Gasteiger partial charge in [-0.1, -0.05) is 25.1 Å². The van der Waals surface area contributed by atoms with Crippen LogP contribution in [0.25, 0.3) is 0 Å². The highest BCUT2D eigenvalue weighted by atomic mass is 19.1. The molecule has 0 aliphatic carbocycles. The zero-order valence-corrected chi connectivity index (χ0v) is 14.4. The van der Waals surface area contributed by atoms with E-state index in [-0.39, 0.29) is 11.7 Å². The minimum absolute atomic E-state index is 0.250. The van der Waals surface area contributed by atoms with Gasteiger partial charge in [0.1, 0.15) is 23.7 Å². The number of rotatable bonds is 5. The fourth-order valence-corrected chi connectivity index (χ4v) is 3.14. The van der Waals surface area contributed by atoms with Crippen molar-refractivity contribution in [2.24, 2.45) is 5.92 Å². The average Bonchev–Trinajstić information content (AvgIpc) is 2.63. The molecule has 132 valence electrons. The minimum atomic E-state index is -0.259. The highest BCUT2D eigenvalue weighted by Crippen LogP contribution is 2.21. The van der Waals surface area contributed by atoms with Crippen molar-refractivity contribution in [1.29, 1.82) is 0 Å². The molecule has 0 bridgehead atoms. The molecule has 1 aliphatic rings. The summed E-state index contributed by atoms with van der Waals surface area (Å²) in [6.07, 6.45) is 4.24.